The molecule has 5 heteroatoms. The minimum Gasteiger partial charge on any atom is -0.385 e. The molecule has 2 atom stereocenters. The van der Waals surface area contributed by atoms with Gasteiger partial charge in [-0.05, 0) is 112 Å². The van der Waals surface area contributed by atoms with E-state index in [9.17, 15) is 4.79 Å². The van der Waals surface area contributed by atoms with Crippen molar-refractivity contribution in [1.29, 1.82) is 0 Å². The van der Waals surface area contributed by atoms with Crippen LogP contribution in [0.5, 0.6) is 0 Å². The SMILES string of the molecule is Cc1cc(C)c(C[C@H](N)C(=O)N[C@@H]2CCNc3ccc(CN4CCC5(CCCCC5)CC4)cc32)c(C)c1. The fourth-order valence-corrected chi connectivity index (χ4v) is 7.19. The lowest BCUT2D eigenvalue weighted by Gasteiger charge is -2.44. The van der Waals surface area contributed by atoms with Gasteiger partial charge in [-0.1, -0.05) is 49.1 Å². The maximum absolute atomic E-state index is 13.2. The predicted octanol–water partition coefficient (Wildman–Crippen LogP) is 5.70. The zero-order valence-electron chi connectivity index (χ0n) is 23.2. The maximum atomic E-state index is 13.2. The van der Waals surface area contributed by atoms with Gasteiger partial charge >= 0.3 is 0 Å². The zero-order valence-corrected chi connectivity index (χ0v) is 23.2. The van der Waals surface area contributed by atoms with E-state index >= 15 is 0 Å². The van der Waals surface area contributed by atoms with E-state index < -0.39 is 6.04 Å². The Kier molecular flexibility index (Phi) is 7.92. The minimum atomic E-state index is -0.554. The Labute approximate surface area is 223 Å². The largest absolute Gasteiger partial charge is 0.385 e. The summed E-state index contributed by atoms with van der Waals surface area (Å²) < 4.78 is 0. The van der Waals surface area contributed by atoms with Crippen molar-refractivity contribution in [3.63, 3.8) is 0 Å². The highest BCUT2D eigenvalue weighted by molar-refractivity contribution is 5.82. The molecule has 1 saturated heterocycles. The van der Waals surface area contributed by atoms with E-state index in [1.54, 1.807) is 0 Å². The molecule has 3 aliphatic rings. The number of fused-ring (bicyclic) bond motifs is 1. The molecule has 37 heavy (non-hydrogen) atoms. The van der Waals surface area contributed by atoms with Crippen LogP contribution in [0.4, 0.5) is 5.69 Å². The lowest BCUT2D eigenvalue weighted by molar-refractivity contribution is -0.123. The number of hydrogen-bond acceptors (Lipinski definition) is 4. The van der Waals surface area contributed by atoms with Crippen LogP contribution in [0.25, 0.3) is 0 Å². The highest BCUT2D eigenvalue weighted by Crippen LogP contribution is 2.44. The van der Waals surface area contributed by atoms with Gasteiger partial charge in [-0.25, -0.2) is 0 Å². The fourth-order valence-electron chi connectivity index (χ4n) is 7.19. The van der Waals surface area contributed by atoms with Gasteiger partial charge < -0.3 is 16.4 Å². The number of likely N-dealkylation sites (tertiary alicyclic amines) is 1. The van der Waals surface area contributed by atoms with Gasteiger partial charge in [0.1, 0.15) is 0 Å². The molecule has 1 aliphatic carbocycles. The summed E-state index contributed by atoms with van der Waals surface area (Å²) in [5.41, 5.74) is 15.6. The van der Waals surface area contributed by atoms with Gasteiger partial charge in [0.2, 0.25) is 5.91 Å². The number of nitrogens with zero attached hydrogens (tertiary/aromatic N) is 1. The van der Waals surface area contributed by atoms with Gasteiger partial charge in [0, 0.05) is 18.8 Å². The van der Waals surface area contributed by atoms with Crippen LogP contribution in [0.15, 0.2) is 30.3 Å². The second-order valence-electron chi connectivity index (χ2n) is 12.2. The number of hydrogen-bond donors (Lipinski definition) is 3. The van der Waals surface area contributed by atoms with E-state index in [-0.39, 0.29) is 11.9 Å². The van der Waals surface area contributed by atoms with Gasteiger partial charge in [-0.15, -0.1) is 0 Å². The topological polar surface area (TPSA) is 70.4 Å². The summed E-state index contributed by atoms with van der Waals surface area (Å²) in [4.78, 5) is 15.8. The van der Waals surface area contributed by atoms with Crippen molar-refractivity contribution in [3.05, 3.63) is 63.7 Å². The summed E-state index contributed by atoms with van der Waals surface area (Å²) >= 11 is 0. The molecule has 2 aromatic carbocycles. The van der Waals surface area contributed by atoms with E-state index in [4.69, 9.17) is 5.73 Å². The normalized spacial score (nSPS) is 22.2. The number of anilines is 1. The number of piperidine rings is 1. The third-order valence-electron chi connectivity index (χ3n) is 9.39. The summed E-state index contributed by atoms with van der Waals surface area (Å²) in [5.74, 6) is -0.0589. The summed E-state index contributed by atoms with van der Waals surface area (Å²) in [7, 11) is 0. The van der Waals surface area contributed by atoms with E-state index in [0.717, 1.165) is 25.2 Å². The van der Waals surface area contributed by atoms with Gasteiger partial charge in [0.25, 0.3) is 0 Å². The average Bonchev–Trinajstić information content (AvgIpc) is 2.88. The van der Waals surface area contributed by atoms with E-state index in [2.05, 4.69) is 66.6 Å². The molecule has 2 heterocycles. The van der Waals surface area contributed by atoms with Crippen molar-refractivity contribution >= 4 is 11.6 Å². The third-order valence-corrected chi connectivity index (χ3v) is 9.39. The van der Waals surface area contributed by atoms with Crippen LogP contribution in [-0.2, 0) is 17.8 Å². The first kappa shape index (κ1) is 26.2. The molecule has 0 unspecified atom stereocenters. The van der Waals surface area contributed by atoms with Gasteiger partial charge in [-0.3, -0.25) is 9.69 Å². The summed E-state index contributed by atoms with van der Waals surface area (Å²) in [6.07, 6.45) is 11.3. The van der Waals surface area contributed by atoms with Crippen molar-refractivity contribution in [3.8, 4) is 0 Å². The predicted molar refractivity (Wildman–Crippen MR) is 153 cm³/mol. The van der Waals surface area contributed by atoms with Crippen LogP contribution in [0.3, 0.4) is 0 Å². The summed E-state index contributed by atoms with van der Waals surface area (Å²) in [6.45, 7) is 10.6. The van der Waals surface area contributed by atoms with E-state index in [0.29, 0.717) is 11.8 Å². The number of amides is 1. The molecule has 5 rings (SSSR count). The quantitative estimate of drug-likeness (QED) is 0.474. The van der Waals surface area contributed by atoms with E-state index in [1.807, 2.05) is 0 Å². The standard InChI is InChI=1S/C32H46N4O/c1-22-17-23(2)26(24(3)18-22)20-28(33)31(37)35-30-9-14-34-29-8-7-25(19-27(29)30)21-36-15-12-32(13-16-36)10-5-4-6-11-32/h7-8,17-19,28,30,34H,4-6,9-16,20-21,33H2,1-3H3,(H,35,37)/t28-,30+/m0/s1. The van der Waals surface area contributed by atoms with Crippen LogP contribution in [0, 0.1) is 26.2 Å². The van der Waals surface area contributed by atoms with Crippen molar-refractivity contribution in [2.45, 2.75) is 97.2 Å². The second-order valence-corrected chi connectivity index (χ2v) is 12.2. The monoisotopic (exact) mass is 502 g/mol. The Morgan fingerprint density at radius 3 is 2.46 bits per heavy atom. The molecule has 2 aromatic rings. The Morgan fingerprint density at radius 1 is 1.05 bits per heavy atom. The molecular formula is C32H46N4O. The number of carbonyl (C=O) groups is 1. The first-order valence-electron chi connectivity index (χ1n) is 14.5. The molecule has 0 aromatic heterocycles. The van der Waals surface area contributed by atoms with Crippen LogP contribution < -0.4 is 16.4 Å². The van der Waals surface area contributed by atoms with Crippen molar-refractivity contribution < 1.29 is 4.79 Å². The van der Waals surface area contributed by atoms with Gasteiger partial charge in [0.05, 0.1) is 12.1 Å². The maximum Gasteiger partial charge on any atom is 0.237 e. The molecule has 2 aliphatic heterocycles. The Balaban J connectivity index is 1.22. The van der Waals surface area contributed by atoms with Gasteiger partial charge in [-0.2, -0.15) is 0 Å². The number of nitrogens with one attached hydrogen (secondary N) is 2. The number of nitrogens with two attached hydrogens (primary N) is 1. The van der Waals surface area contributed by atoms with Crippen LogP contribution >= 0.6 is 0 Å². The highest BCUT2D eigenvalue weighted by Gasteiger charge is 2.35. The zero-order chi connectivity index (χ0) is 26.0. The molecule has 200 valence electrons. The van der Waals surface area contributed by atoms with Crippen molar-refractivity contribution in [1.82, 2.24) is 10.2 Å². The first-order valence-corrected chi connectivity index (χ1v) is 14.5. The molecule has 1 spiro atoms. The number of benzene rings is 2. The number of rotatable bonds is 6. The smallest absolute Gasteiger partial charge is 0.237 e. The molecule has 1 saturated carbocycles. The Morgan fingerprint density at radius 2 is 1.76 bits per heavy atom. The first-order chi connectivity index (χ1) is 17.8. The Hall–Kier alpha value is -2.37. The van der Waals surface area contributed by atoms with Gasteiger partial charge in [0.15, 0.2) is 0 Å². The molecule has 5 nitrogen and oxygen atoms in total. The molecule has 2 fully saturated rings. The second kappa shape index (κ2) is 11.2. The van der Waals surface area contributed by atoms with E-state index in [1.165, 1.54) is 91.4 Å². The lowest BCUT2D eigenvalue weighted by atomic mass is 9.68. The Bertz CT molecular complexity index is 1090. The number of aryl methyl sites for hydroxylation is 3. The van der Waals surface area contributed by atoms with Crippen LogP contribution in [0.1, 0.15) is 90.8 Å². The molecule has 1 amide bonds. The summed E-state index contributed by atoms with van der Waals surface area (Å²) in [6, 6.07) is 10.6. The molecular weight excluding hydrogens is 456 g/mol. The van der Waals surface area contributed by atoms with Crippen LogP contribution in [-0.4, -0.2) is 36.5 Å². The van der Waals surface area contributed by atoms with Crippen molar-refractivity contribution in [2.24, 2.45) is 11.1 Å². The third kappa shape index (κ3) is 6.04. The molecule has 0 bridgehead atoms. The highest BCUT2D eigenvalue weighted by atomic mass is 16.2. The number of carbonyl (C=O) groups excluding carboxylic acids is 1. The van der Waals surface area contributed by atoms with Crippen LogP contribution in [0.2, 0.25) is 0 Å². The summed E-state index contributed by atoms with van der Waals surface area (Å²) in [5, 5.41) is 6.83. The van der Waals surface area contributed by atoms with Crippen molar-refractivity contribution in [2.75, 3.05) is 25.0 Å². The fraction of sp³-hybridized carbons (Fsp3) is 0.594. The molecule has 4 N–H and O–H groups in total. The average molecular weight is 503 g/mol. The molecule has 0 radical (unpaired) electrons. The lowest BCUT2D eigenvalue weighted by Crippen LogP contribution is -2.45. The minimum absolute atomic E-state index is 0.00169.